The molecule has 1 fully saturated rings. The van der Waals surface area contributed by atoms with Gasteiger partial charge in [0, 0.05) is 17.2 Å². The van der Waals surface area contributed by atoms with E-state index in [0.717, 1.165) is 30.0 Å². The van der Waals surface area contributed by atoms with E-state index in [-0.39, 0.29) is 23.5 Å². The number of ketones is 1. The van der Waals surface area contributed by atoms with Crippen molar-refractivity contribution < 1.29 is 14.7 Å². The summed E-state index contributed by atoms with van der Waals surface area (Å²) in [4.78, 5) is 24.3. The van der Waals surface area contributed by atoms with Gasteiger partial charge in [-0.25, -0.2) is 0 Å². The van der Waals surface area contributed by atoms with E-state index in [1.54, 1.807) is 11.3 Å². The van der Waals surface area contributed by atoms with Crippen molar-refractivity contribution in [1.82, 2.24) is 5.32 Å². The van der Waals surface area contributed by atoms with E-state index in [1.165, 1.54) is 0 Å². The van der Waals surface area contributed by atoms with E-state index in [1.807, 2.05) is 25.3 Å². The van der Waals surface area contributed by atoms with Crippen LogP contribution in [0.3, 0.4) is 0 Å². The Labute approximate surface area is 129 Å². The summed E-state index contributed by atoms with van der Waals surface area (Å²) in [6, 6.07) is 2.00. The summed E-state index contributed by atoms with van der Waals surface area (Å²) in [6.45, 7) is 5.51. The molecule has 1 aliphatic heterocycles. The third kappa shape index (κ3) is 4.38. The van der Waals surface area contributed by atoms with E-state index >= 15 is 0 Å². The molecule has 0 aromatic carbocycles. The van der Waals surface area contributed by atoms with Gasteiger partial charge in [0.2, 0.25) is 0 Å². The van der Waals surface area contributed by atoms with Crippen molar-refractivity contribution in [3.63, 3.8) is 0 Å². The topological polar surface area (TPSA) is 66.4 Å². The number of Topliss-reactive ketones (excluding diaryl/α,β-unsaturated/α-hetero) is 1. The average Bonchev–Trinajstić information content (AvgIpc) is 3.06. The van der Waals surface area contributed by atoms with Gasteiger partial charge in [-0.2, -0.15) is 0 Å². The molecule has 116 valence electrons. The van der Waals surface area contributed by atoms with E-state index < -0.39 is 5.97 Å². The molecule has 1 saturated heterocycles. The second-order valence-electron chi connectivity index (χ2n) is 6.12. The number of carboxylic acids is 1. The highest BCUT2D eigenvalue weighted by molar-refractivity contribution is 7.10. The molecule has 21 heavy (non-hydrogen) atoms. The van der Waals surface area contributed by atoms with Crippen LogP contribution >= 0.6 is 11.3 Å². The molecule has 2 atom stereocenters. The van der Waals surface area contributed by atoms with Crippen molar-refractivity contribution in [3.05, 3.63) is 21.9 Å². The first-order valence-corrected chi connectivity index (χ1v) is 8.38. The summed E-state index contributed by atoms with van der Waals surface area (Å²) in [7, 11) is 0. The molecule has 4 nitrogen and oxygen atoms in total. The zero-order valence-electron chi connectivity index (χ0n) is 12.6. The molecule has 2 N–H and O–H groups in total. The highest BCUT2D eigenvalue weighted by Gasteiger charge is 2.30. The fraction of sp³-hybridized carbons (Fsp3) is 0.625. The van der Waals surface area contributed by atoms with Gasteiger partial charge in [-0.1, -0.05) is 13.8 Å². The number of carboxylic acid groups (broad SMARTS) is 1. The van der Waals surface area contributed by atoms with E-state index in [0.29, 0.717) is 12.8 Å². The molecule has 1 aliphatic rings. The lowest BCUT2D eigenvalue weighted by molar-refractivity contribution is -0.143. The van der Waals surface area contributed by atoms with Crippen LogP contribution in [0.2, 0.25) is 0 Å². The number of carbonyl (C=O) groups excluding carboxylic acids is 1. The monoisotopic (exact) mass is 309 g/mol. The molecule has 1 aromatic heterocycles. The van der Waals surface area contributed by atoms with Gasteiger partial charge in [-0.15, -0.1) is 11.3 Å². The zero-order chi connectivity index (χ0) is 15.4. The number of nitrogens with one attached hydrogen (secondary N) is 1. The quantitative estimate of drug-likeness (QED) is 0.811. The SMILES string of the molecule is CC(C)C(=O)Cc1cc(C[C@H](C(=O)O)[C@H]2CCNC2)cs1. The lowest BCUT2D eigenvalue weighted by Crippen LogP contribution is -2.27. The first-order valence-electron chi connectivity index (χ1n) is 7.50. The Balaban J connectivity index is 1.99. The Bertz CT molecular complexity index is 503. The Kier molecular flexibility index (Phi) is 5.53. The van der Waals surface area contributed by atoms with Crippen LogP contribution in [0.4, 0.5) is 0 Å². The van der Waals surface area contributed by atoms with Crippen molar-refractivity contribution in [2.24, 2.45) is 17.8 Å². The van der Waals surface area contributed by atoms with Crippen LogP contribution in [0.15, 0.2) is 11.4 Å². The Morgan fingerprint density at radius 1 is 1.48 bits per heavy atom. The number of thiophene rings is 1. The predicted molar refractivity (Wildman–Crippen MR) is 83.7 cm³/mol. The van der Waals surface area contributed by atoms with Gasteiger partial charge < -0.3 is 10.4 Å². The summed E-state index contributed by atoms with van der Waals surface area (Å²) in [5.41, 5.74) is 1.05. The van der Waals surface area contributed by atoms with E-state index in [9.17, 15) is 14.7 Å². The van der Waals surface area contributed by atoms with Crippen molar-refractivity contribution in [2.75, 3.05) is 13.1 Å². The first-order chi connectivity index (χ1) is 9.97. The van der Waals surface area contributed by atoms with Gasteiger partial charge in [0.25, 0.3) is 0 Å². The largest absolute Gasteiger partial charge is 0.481 e. The Hall–Kier alpha value is -1.20. The van der Waals surface area contributed by atoms with Crippen molar-refractivity contribution in [1.29, 1.82) is 0 Å². The number of hydrogen-bond acceptors (Lipinski definition) is 4. The van der Waals surface area contributed by atoms with Gasteiger partial charge in [0.05, 0.1) is 5.92 Å². The van der Waals surface area contributed by atoms with Gasteiger partial charge >= 0.3 is 5.97 Å². The van der Waals surface area contributed by atoms with Crippen molar-refractivity contribution in [3.8, 4) is 0 Å². The molecule has 2 rings (SSSR count). The number of carbonyl (C=O) groups is 2. The summed E-state index contributed by atoms with van der Waals surface area (Å²) in [6.07, 6.45) is 1.96. The fourth-order valence-corrected chi connectivity index (χ4v) is 3.64. The van der Waals surface area contributed by atoms with Crippen LogP contribution < -0.4 is 5.32 Å². The number of rotatable bonds is 7. The molecule has 0 bridgehead atoms. The minimum Gasteiger partial charge on any atom is -0.481 e. The highest BCUT2D eigenvalue weighted by atomic mass is 32.1. The summed E-state index contributed by atoms with van der Waals surface area (Å²) < 4.78 is 0. The van der Waals surface area contributed by atoms with Crippen LogP contribution in [-0.2, 0) is 22.4 Å². The minimum absolute atomic E-state index is 0.0480. The minimum atomic E-state index is -0.713. The second-order valence-corrected chi connectivity index (χ2v) is 7.12. The summed E-state index contributed by atoms with van der Waals surface area (Å²) in [5.74, 6) is -0.550. The maximum Gasteiger partial charge on any atom is 0.307 e. The normalized spacial score (nSPS) is 19.9. The van der Waals surface area contributed by atoms with Crippen molar-refractivity contribution >= 4 is 23.1 Å². The lowest BCUT2D eigenvalue weighted by atomic mass is 9.87. The molecule has 0 radical (unpaired) electrons. The Morgan fingerprint density at radius 3 is 2.81 bits per heavy atom. The van der Waals surface area contributed by atoms with Gasteiger partial charge in [0.15, 0.2) is 0 Å². The lowest BCUT2D eigenvalue weighted by Gasteiger charge is -2.17. The van der Waals surface area contributed by atoms with Crippen LogP contribution in [0.1, 0.15) is 30.7 Å². The molecule has 2 heterocycles. The van der Waals surface area contributed by atoms with Gasteiger partial charge in [0.1, 0.15) is 5.78 Å². The zero-order valence-corrected chi connectivity index (χ0v) is 13.4. The smallest absolute Gasteiger partial charge is 0.307 e. The molecule has 0 unspecified atom stereocenters. The second kappa shape index (κ2) is 7.18. The molecule has 0 aliphatic carbocycles. The maximum atomic E-state index is 11.8. The maximum absolute atomic E-state index is 11.8. The molecule has 0 saturated carbocycles. The van der Waals surface area contributed by atoms with Crippen LogP contribution in [0.5, 0.6) is 0 Å². The van der Waals surface area contributed by atoms with Crippen LogP contribution in [0.25, 0.3) is 0 Å². The molecule has 0 spiro atoms. The summed E-state index contributed by atoms with van der Waals surface area (Å²) >= 11 is 1.56. The number of hydrogen-bond donors (Lipinski definition) is 2. The molecule has 1 aromatic rings. The first kappa shape index (κ1) is 16.2. The van der Waals surface area contributed by atoms with Gasteiger partial charge in [-0.05, 0) is 48.9 Å². The van der Waals surface area contributed by atoms with Crippen LogP contribution in [0, 0.1) is 17.8 Å². The van der Waals surface area contributed by atoms with Gasteiger partial charge in [-0.3, -0.25) is 9.59 Å². The molecular weight excluding hydrogens is 286 g/mol. The third-order valence-corrected chi connectivity index (χ3v) is 5.13. The standard InChI is InChI=1S/C16H23NO3S/c1-10(2)15(18)7-13-5-11(9-21-13)6-14(16(19)20)12-3-4-17-8-12/h5,9-10,12,14,17H,3-4,6-8H2,1-2H3,(H,19,20)/t12-,14-/m0/s1. The fourth-order valence-electron chi connectivity index (χ4n) is 2.73. The van der Waals surface area contributed by atoms with E-state index in [2.05, 4.69) is 5.32 Å². The third-order valence-electron chi connectivity index (χ3n) is 4.14. The van der Waals surface area contributed by atoms with Crippen molar-refractivity contribution in [2.45, 2.75) is 33.1 Å². The molecule has 5 heteroatoms. The summed E-state index contributed by atoms with van der Waals surface area (Å²) in [5, 5.41) is 14.7. The number of aliphatic carboxylic acids is 1. The predicted octanol–water partition coefficient (Wildman–Crippen LogP) is 2.37. The molecular formula is C16H23NO3S. The molecule has 0 amide bonds. The van der Waals surface area contributed by atoms with Crippen LogP contribution in [-0.4, -0.2) is 29.9 Å². The highest BCUT2D eigenvalue weighted by Crippen LogP contribution is 2.26. The average molecular weight is 309 g/mol. The Morgan fingerprint density at radius 2 is 2.24 bits per heavy atom. The van der Waals surface area contributed by atoms with E-state index in [4.69, 9.17) is 0 Å².